The van der Waals surface area contributed by atoms with E-state index in [2.05, 4.69) is 6.58 Å². The zero-order valence-electron chi connectivity index (χ0n) is 7.82. The molecule has 0 aromatic heterocycles. The smallest absolute Gasteiger partial charge is 0.303 e. The Balaban J connectivity index is 3.61. The second-order valence-corrected chi connectivity index (χ2v) is 2.81. The van der Waals surface area contributed by atoms with Crippen molar-refractivity contribution in [1.29, 1.82) is 0 Å². The van der Waals surface area contributed by atoms with E-state index in [-0.39, 0.29) is 18.7 Å². The summed E-state index contributed by atoms with van der Waals surface area (Å²) in [6, 6.07) is 0. The van der Waals surface area contributed by atoms with Crippen LogP contribution in [0.4, 0.5) is 0 Å². The lowest BCUT2D eigenvalue weighted by molar-refractivity contribution is -0.137. The van der Waals surface area contributed by atoms with Crippen LogP contribution < -0.4 is 0 Å². The zero-order valence-corrected chi connectivity index (χ0v) is 7.82. The van der Waals surface area contributed by atoms with Crippen LogP contribution in [0.25, 0.3) is 0 Å². The molecule has 0 atom stereocenters. The van der Waals surface area contributed by atoms with Crippen LogP contribution in [0, 0.1) is 0 Å². The van der Waals surface area contributed by atoms with E-state index in [0.29, 0.717) is 13.0 Å². The van der Waals surface area contributed by atoms with E-state index in [1.165, 1.54) is 4.90 Å². The van der Waals surface area contributed by atoms with Crippen molar-refractivity contribution in [3.05, 3.63) is 12.7 Å². The number of carbonyl (C=O) groups is 2. The molecule has 0 saturated heterocycles. The molecule has 0 aliphatic carbocycles. The predicted octanol–water partition coefficient (Wildman–Crippen LogP) is 0.886. The summed E-state index contributed by atoms with van der Waals surface area (Å²) in [6.07, 6.45) is 2.37. The van der Waals surface area contributed by atoms with Crippen molar-refractivity contribution in [2.45, 2.75) is 19.3 Å². The molecule has 0 aliphatic heterocycles. The van der Waals surface area contributed by atoms with Gasteiger partial charge in [0.1, 0.15) is 0 Å². The molecule has 0 spiro atoms. The van der Waals surface area contributed by atoms with Crippen LogP contribution in [0.3, 0.4) is 0 Å². The van der Waals surface area contributed by atoms with E-state index in [9.17, 15) is 9.59 Å². The highest BCUT2D eigenvalue weighted by atomic mass is 16.4. The lowest BCUT2D eigenvalue weighted by Gasteiger charge is -2.13. The Morgan fingerprint density at radius 2 is 2.08 bits per heavy atom. The van der Waals surface area contributed by atoms with E-state index in [0.717, 1.165) is 0 Å². The molecule has 0 aliphatic rings. The molecule has 0 bridgehead atoms. The maximum atomic E-state index is 11.2. The summed E-state index contributed by atoms with van der Waals surface area (Å²) in [6.45, 7) is 4.01. The molecule has 0 aromatic rings. The van der Waals surface area contributed by atoms with Crippen molar-refractivity contribution >= 4 is 11.9 Å². The molecule has 13 heavy (non-hydrogen) atoms. The van der Waals surface area contributed by atoms with Gasteiger partial charge in [-0.15, -0.1) is 6.58 Å². The fraction of sp³-hybridized carbons (Fsp3) is 0.556. The van der Waals surface area contributed by atoms with Gasteiger partial charge < -0.3 is 10.0 Å². The first kappa shape index (κ1) is 11.7. The molecule has 1 amide bonds. The Morgan fingerprint density at radius 1 is 1.46 bits per heavy atom. The Morgan fingerprint density at radius 3 is 2.54 bits per heavy atom. The van der Waals surface area contributed by atoms with Crippen LogP contribution >= 0.6 is 0 Å². The number of carbonyl (C=O) groups excluding carboxylic acids is 1. The van der Waals surface area contributed by atoms with Gasteiger partial charge in [0.2, 0.25) is 5.91 Å². The summed E-state index contributed by atoms with van der Waals surface area (Å²) >= 11 is 0. The topological polar surface area (TPSA) is 57.6 Å². The van der Waals surface area contributed by atoms with Crippen LogP contribution in [0.15, 0.2) is 12.7 Å². The predicted molar refractivity (Wildman–Crippen MR) is 49.3 cm³/mol. The van der Waals surface area contributed by atoms with Crippen LogP contribution in [0.2, 0.25) is 0 Å². The van der Waals surface area contributed by atoms with E-state index in [1.807, 2.05) is 0 Å². The molecule has 0 saturated carbocycles. The van der Waals surface area contributed by atoms with E-state index in [1.54, 1.807) is 13.1 Å². The van der Waals surface area contributed by atoms with Crippen molar-refractivity contribution in [2.24, 2.45) is 0 Å². The Labute approximate surface area is 77.8 Å². The van der Waals surface area contributed by atoms with Crippen LogP contribution in [0.5, 0.6) is 0 Å². The third-order valence-electron chi connectivity index (χ3n) is 1.61. The molecular weight excluding hydrogens is 170 g/mol. The number of nitrogens with zero attached hydrogens (tertiary/aromatic N) is 1. The first-order valence-electron chi connectivity index (χ1n) is 4.14. The molecule has 0 radical (unpaired) electrons. The maximum Gasteiger partial charge on any atom is 0.303 e. The van der Waals surface area contributed by atoms with Gasteiger partial charge in [-0.25, -0.2) is 0 Å². The molecule has 0 aromatic carbocycles. The van der Waals surface area contributed by atoms with E-state index in [4.69, 9.17) is 5.11 Å². The summed E-state index contributed by atoms with van der Waals surface area (Å²) in [7, 11) is 1.67. The minimum Gasteiger partial charge on any atom is -0.481 e. The van der Waals surface area contributed by atoms with Gasteiger partial charge in [0, 0.05) is 26.4 Å². The largest absolute Gasteiger partial charge is 0.481 e. The van der Waals surface area contributed by atoms with Crippen molar-refractivity contribution in [1.82, 2.24) is 4.90 Å². The SMILES string of the molecule is C=CCN(C)C(=O)CCCC(=O)O. The van der Waals surface area contributed by atoms with Crippen molar-refractivity contribution in [3.8, 4) is 0 Å². The Hall–Kier alpha value is -1.32. The Kier molecular flexibility index (Phi) is 5.59. The number of rotatable bonds is 6. The highest BCUT2D eigenvalue weighted by molar-refractivity contribution is 5.76. The summed E-state index contributed by atoms with van der Waals surface area (Å²) in [5.74, 6) is -0.902. The minimum absolute atomic E-state index is 0.0406. The molecule has 1 N–H and O–H groups in total. The molecule has 4 heteroatoms. The van der Waals surface area contributed by atoms with Crippen molar-refractivity contribution < 1.29 is 14.7 Å². The fourth-order valence-electron chi connectivity index (χ4n) is 0.877. The number of hydrogen-bond donors (Lipinski definition) is 1. The average molecular weight is 185 g/mol. The van der Waals surface area contributed by atoms with Gasteiger partial charge in [-0.1, -0.05) is 6.08 Å². The molecular formula is C9H15NO3. The number of likely N-dealkylation sites (N-methyl/N-ethyl adjacent to an activating group) is 1. The van der Waals surface area contributed by atoms with Gasteiger partial charge in [0.05, 0.1) is 0 Å². The fourth-order valence-corrected chi connectivity index (χ4v) is 0.877. The second kappa shape index (κ2) is 6.22. The first-order valence-corrected chi connectivity index (χ1v) is 4.14. The molecule has 0 rings (SSSR count). The van der Waals surface area contributed by atoms with E-state index < -0.39 is 5.97 Å². The standard InChI is InChI=1S/C9H15NO3/c1-3-7-10(2)8(11)5-4-6-9(12)13/h3H,1,4-7H2,2H3,(H,12,13). The number of carboxylic acid groups (broad SMARTS) is 1. The van der Waals surface area contributed by atoms with Crippen LogP contribution in [-0.4, -0.2) is 35.5 Å². The van der Waals surface area contributed by atoms with Crippen molar-refractivity contribution in [3.63, 3.8) is 0 Å². The van der Waals surface area contributed by atoms with Gasteiger partial charge in [0.15, 0.2) is 0 Å². The molecule has 4 nitrogen and oxygen atoms in total. The maximum absolute atomic E-state index is 11.2. The molecule has 74 valence electrons. The van der Waals surface area contributed by atoms with Crippen LogP contribution in [0.1, 0.15) is 19.3 Å². The number of carboxylic acids is 1. The zero-order chi connectivity index (χ0) is 10.3. The molecule has 0 heterocycles. The second-order valence-electron chi connectivity index (χ2n) is 2.81. The highest BCUT2D eigenvalue weighted by Crippen LogP contribution is 1.99. The highest BCUT2D eigenvalue weighted by Gasteiger charge is 2.07. The van der Waals surface area contributed by atoms with Gasteiger partial charge in [-0.2, -0.15) is 0 Å². The number of hydrogen-bond acceptors (Lipinski definition) is 2. The van der Waals surface area contributed by atoms with Gasteiger partial charge >= 0.3 is 5.97 Å². The van der Waals surface area contributed by atoms with Crippen molar-refractivity contribution in [2.75, 3.05) is 13.6 Å². The van der Waals surface area contributed by atoms with Gasteiger partial charge in [-0.3, -0.25) is 9.59 Å². The van der Waals surface area contributed by atoms with Crippen LogP contribution in [-0.2, 0) is 9.59 Å². The Bertz CT molecular complexity index is 201. The lowest BCUT2D eigenvalue weighted by atomic mass is 10.2. The summed E-state index contributed by atoms with van der Waals surface area (Å²) < 4.78 is 0. The number of aliphatic carboxylic acids is 1. The van der Waals surface area contributed by atoms with E-state index >= 15 is 0 Å². The summed E-state index contributed by atoms with van der Waals surface area (Å²) in [4.78, 5) is 22.9. The van der Waals surface area contributed by atoms with Gasteiger partial charge in [0.25, 0.3) is 0 Å². The normalized spacial score (nSPS) is 9.31. The molecule has 0 unspecified atom stereocenters. The van der Waals surface area contributed by atoms with Gasteiger partial charge in [-0.05, 0) is 6.42 Å². The summed E-state index contributed by atoms with van der Waals surface area (Å²) in [5, 5.41) is 8.33. The monoisotopic (exact) mass is 185 g/mol. The third kappa shape index (κ3) is 5.90. The number of amides is 1. The quantitative estimate of drug-likeness (QED) is 0.625. The minimum atomic E-state index is -0.862. The first-order chi connectivity index (χ1) is 6.07. The molecule has 0 fully saturated rings. The lowest BCUT2D eigenvalue weighted by Crippen LogP contribution is -2.26. The average Bonchev–Trinajstić information content (AvgIpc) is 2.04. The third-order valence-corrected chi connectivity index (χ3v) is 1.61. The summed E-state index contributed by atoms with van der Waals surface area (Å²) in [5.41, 5.74) is 0.